The SMILES string of the molecule is Cc1ccc(OC(C)C(=O)Nc2ccccc2C(=O)O)cc1. The molecule has 1 atom stereocenters. The fraction of sp³-hybridized carbons (Fsp3) is 0.176. The summed E-state index contributed by atoms with van der Waals surface area (Å²) in [4.78, 5) is 23.2. The van der Waals surface area contributed by atoms with Crippen molar-refractivity contribution in [3.8, 4) is 5.75 Å². The van der Waals surface area contributed by atoms with Gasteiger partial charge in [0, 0.05) is 0 Å². The number of para-hydroxylation sites is 1. The molecule has 2 rings (SSSR count). The smallest absolute Gasteiger partial charge is 0.337 e. The molecule has 0 bridgehead atoms. The lowest BCUT2D eigenvalue weighted by Gasteiger charge is -2.15. The zero-order valence-electron chi connectivity index (χ0n) is 12.4. The molecular weight excluding hydrogens is 282 g/mol. The maximum Gasteiger partial charge on any atom is 0.337 e. The third kappa shape index (κ3) is 3.85. The van der Waals surface area contributed by atoms with Crippen LogP contribution in [0.4, 0.5) is 5.69 Å². The topological polar surface area (TPSA) is 75.6 Å². The molecule has 0 saturated carbocycles. The Bertz CT molecular complexity index is 679. The van der Waals surface area contributed by atoms with Crippen LogP contribution in [0.15, 0.2) is 48.5 Å². The molecule has 5 heteroatoms. The molecule has 1 amide bonds. The third-order valence-electron chi connectivity index (χ3n) is 3.12. The number of rotatable bonds is 5. The van der Waals surface area contributed by atoms with Crippen LogP contribution in [0, 0.1) is 6.92 Å². The summed E-state index contributed by atoms with van der Waals surface area (Å²) < 4.78 is 5.54. The van der Waals surface area contributed by atoms with Crippen molar-refractivity contribution in [2.24, 2.45) is 0 Å². The summed E-state index contributed by atoms with van der Waals surface area (Å²) in [5, 5.41) is 11.7. The summed E-state index contributed by atoms with van der Waals surface area (Å²) in [5.74, 6) is -0.919. The van der Waals surface area contributed by atoms with Gasteiger partial charge >= 0.3 is 5.97 Å². The van der Waals surface area contributed by atoms with Gasteiger partial charge in [-0.15, -0.1) is 0 Å². The number of benzene rings is 2. The predicted octanol–water partition coefficient (Wildman–Crippen LogP) is 3.10. The maximum absolute atomic E-state index is 12.1. The summed E-state index contributed by atoms with van der Waals surface area (Å²) in [6.45, 7) is 3.57. The van der Waals surface area contributed by atoms with Gasteiger partial charge in [0.2, 0.25) is 0 Å². The Morgan fingerprint density at radius 3 is 2.36 bits per heavy atom. The number of anilines is 1. The van der Waals surface area contributed by atoms with Crippen LogP contribution in [0.2, 0.25) is 0 Å². The minimum atomic E-state index is -1.09. The van der Waals surface area contributed by atoms with E-state index in [9.17, 15) is 9.59 Å². The van der Waals surface area contributed by atoms with Crippen LogP contribution in [0.25, 0.3) is 0 Å². The van der Waals surface area contributed by atoms with Crippen molar-refractivity contribution in [2.75, 3.05) is 5.32 Å². The van der Waals surface area contributed by atoms with Gasteiger partial charge in [-0.3, -0.25) is 4.79 Å². The number of carboxylic acid groups (broad SMARTS) is 1. The van der Waals surface area contributed by atoms with E-state index < -0.39 is 18.0 Å². The van der Waals surface area contributed by atoms with Crippen LogP contribution in [0.1, 0.15) is 22.8 Å². The average Bonchev–Trinajstić information content (AvgIpc) is 2.49. The Labute approximate surface area is 128 Å². The Hall–Kier alpha value is -2.82. The highest BCUT2D eigenvalue weighted by atomic mass is 16.5. The van der Waals surface area contributed by atoms with E-state index in [0.29, 0.717) is 5.75 Å². The fourth-order valence-electron chi connectivity index (χ4n) is 1.89. The van der Waals surface area contributed by atoms with Crippen LogP contribution < -0.4 is 10.1 Å². The van der Waals surface area contributed by atoms with E-state index in [2.05, 4.69) is 5.32 Å². The van der Waals surface area contributed by atoms with Gasteiger partial charge in [-0.2, -0.15) is 0 Å². The van der Waals surface area contributed by atoms with Crippen LogP contribution in [-0.2, 0) is 4.79 Å². The molecule has 0 heterocycles. The molecule has 0 radical (unpaired) electrons. The molecule has 0 aliphatic rings. The number of ether oxygens (including phenoxy) is 1. The van der Waals surface area contributed by atoms with Crippen molar-refractivity contribution in [3.05, 3.63) is 59.7 Å². The molecule has 0 fully saturated rings. The number of carbonyl (C=O) groups is 2. The van der Waals surface area contributed by atoms with E-state index in [-0.39, 0.29) is 11.3 Å². The van der Waals surface area contributed by atoms with E-state index >= 15 is 0 Å². The highest BCUT2D eigenvalue weighted by Gasteiger charge is 2.17. The van der Waals surface area contributed by atoms with Gasteiger partial charge in [0.1, 0.15) is 5.75 Å². The highest BCUT2D eigenvalue weighted by Crippen LogP contribution is 2.17. The van der Waals surface area contributed by atoms with E-state index in [1.807, 2.05) is 19.1 Å². The first-order valence-electron chi connectivity index (χ1n) is 6.84. The largest absolute Gasteiger partial charge is 0.481 e. The Kier molecular flexibility index (Phi) is 4.78. The van der Waals surface area contributed by atoms with Gasteiger partial charge < -0.3 is 15.2 Å². The quantitative estimate of drug-likeness (QED) is 0.889. The van der Waals surface area contributed by atoms with Crippen molar-refractivity contribution in [1.82, 2.24) is 0 Å². The molecular formula is C17H17NO4. The molecule has 114 valence electrons. The van der Waals surface area contributed by atoms with E-state index in [1.165, 1.54) is 6.07 Å². The Morgan fingerprint density at radius 2 is 1.73 bits per heavy atom. The average molecular weight is 299 g/mol. The van der Waals surface area contributed by atoms with Crippen LogP contribution in [0.3, 0.4) is 0 Å². The van der Waals surface area contributed by atoms with Gasteiger partial charge in [0.25, 0.3) is 5.91 Å². The number of hydrogen-bond donors (Lipinski definition) is 2. The first-order chi connectivity index (χ1) is 10.5. The Balaban J connectivity index is 2.05. The first kappa shape index (κ1) is 15.6. The van der Waals surface area contributed by atoms with Gasteiger partial charge in [-0.25, -0.2) is 4.79 Å². The molecule has 22 heavy (non-hydrogen) atoms. The molecule has 2 aromatic carbocycles. The second-order valence-electron chi connectivity index (χ2n) is 4.91. The molecule has 1 unspecified atom stereocenters. The summed E-state index contributed by atoms with van der Waals surface area (Å²) >= 11 is 0. The first-order valence-corrected chi connectivity index (χ1v) is 6.84. The molecule has 0 aromatic heterocycles. The van der Waals surface area contributed by atoms with Crippen LogP contribution in [0.5, 0.6) is 5.75 Å². The molecule has 2 aromatic rings. The highest BCUT2D eigenvalue weighted by molar-refractivity contribution is 6.01. The van der Waals surface area contributed by atoms with Crippen LogP contribution in [-0.4, -0.2) is 23.1 Å². The molecule has 0 aliphatic heterocycles. The second kappa shape index (κ2) is 6.76. The van der Waals surface area contributed by atoms with Gasteiger partial charge in [0.05, 0.1) is 11.3 Å². The minimum Gasteiger partial charge on any atom is -0.481 e. The van der Waals surface area contributed by atoms with Crippen molar-refractivity contribution in [3.63, 3.8) is 0 Å². The monoisotopic (exact) mass is 299 g/mol. The number of amides is 1. The summed E-state index contributed by atoms with van der Waals surface area (Å²) in [6.07, 6.45) is -0.746. The van der Waals surface area contributed by atoms with Gasteiger partial charge in [0.15, 0.2) is 6.10 Å². The third-order valence-corrected chi connectivity index (χ3v) is 3.12. The number of aromatic carboxylic acids is 1. The zero-order chi connectivity index (χ0) is 16.1. The van der Waals surface area contributed by atoms with Crippen molar-refractivity contribution in [2.45, 2.75) is 20.0 Å². The molecule has 0 aliphatic carbocycles. The second-order valence-corrected chi connectivity index (χ2v) is 4.91. The van der Waals surface area contributed by atoms with E-state index in [4.69, 9.17) is 9.84 Å². The Morgan fingerprint density at radius 1 is 1.09 bits per heavy atom. The lowest BCUT2D eigenvalue weighted by Crippen LogP contribution is -2.30. The minimum absolute atomic E-state index is 0.0402. The maximum atomic E-state index is 12.1. The van der Waals surface area contributed by atoms with Crippen molar-refractivity contribution >= 4 is 17.6 Å². The zero-order valence-corrected chi connectivity index (χ0v) is 12.4. The van der Waals surface area contributed by atoms with Gasteiger partial charge in [-0.1, -0.05) is 29.8 Å². The molecule has 5 nitrogen and oxygen atoms in total. The van der Waals surface area contributed by atoms with E-state index in [1.54, 1.807) is 37.3 Å². The van der Waals surface area contributed by atoms with Gasteiger partial charge in [-0.05, 0) is 38.1 Å². The lowest BCUT2D eigenvalue weighted by molar-refractivity contribution is -0.122. The lowest BCUT2D eigenvalue weighted by atomic mass is 10.1. The van der Waals surface area contributed by atoms with Crippen LogP contribution >= 0.6 is 0 Å². The fourth-order valence-corrected chi connectivity index (χ4v) is 1.89. The van der Waals surface area contributed by atoms with Crippen molar-refractivity contribution < 1.29 is 19.4 Å². The van der Waals surface area contributed by atoms with Crippen molar-refractivity contribution in [1.29, 1.82) is 0 Å². The molecule has 0 spiro atoms. The normalized spacial score (nSPS) is 11.5. The number of carboxylic acids is 1. The molecule has 0 saturated heterocycles. The summed E-state index contributed by atoms with van der Waals surface area (Å²) in [7, 11) is 0. The number of carbonyl (C=O) groups excluding carboxylic acids is 1. The van der Waals surface area contributed by atoms with E-state index in [0.717, 1.165) is 5.56 Å². The summed E-state index contributed by atoms with van der Waals surface area (Å²) in [5.41, 5.74) is 1.39. The number of nitrogens with one attached hydrogen (secondary N) is 1. The predicted molar refractivity (Wildman–Crippen MR) is 83.3 cm³/mol. The number of hydrogen-bond acceptors (Lipinski definition) is 3. The molecule has 2 N–H and O–H groups in total. The number of aryl methyl sites for hydroxylation is 1. The summed E-state index contributed by atoms with van der Waals surface area (Å²) in [6, 6.07) is 13.6. The standard InChI is InChI=1S/C17H17NO4/c1-11-7-9-13(10-8-11)22-12(2)16(19)18-15-6-4-3-5-14(15)17(20)21/h3-10,12H,1-2H3,(H,18,19)(H,20,21).